The zero-order valence-electron chi connectivity index (χ0n) is 12.7. The Morgan fingerprint density at radius 2 is 1.26 bits per heavy atom. The second-order valence-electron chi connectivity index (χ2n) is 4.79. The highest BCUT2D eigenvalue weighted by Gasteiger charge is 2.28. The lowest BCUT2D eigenvalue weighted by atomic mass is 10.2. The maximum Gasteiger partial charge on any atom is 0.308 e. The summed E-state index contributed by atoms with van der Waals surface area (Å²) < 4.78 is 0. The third kappa shape index (κ3) is 3.76. The van der Waals surface area contributed by atoms with E-state index in [0.717, 1.165) is 12.1 Å². The number of benzene rings is 2. The summed E-state index contributed by atoms with van der Waals surface area (Å²) in [5.41, 5.74) is 8.34. The number of anilines is 2. The molecule has 0 aliphatic heterocycles. The van der Waals surface area contributed by atoms with E-state index in [9.17, 15) is 25.4 Å². The Hall–Kier alpha value is -2.60. The lowest BCUT2D eigenvalue weighted by molar-refractivity contribution is -0.434. The minimum absolute atomic E-state index is 0.0823. The molecular formula is C12H6Cl4N6O5. The van der Waals surface area contributed by atoms with Crippen molar-refractivity contribution in [3.8, 4) is 0 Å². The molecule has 15 heteroatoms. The molecule has 0 saturated carbocycles. The normalized spacial score (nSPS) is 11.5. The molecule has 0 atom stereocenters. The predicted octanol–water partition coefficient (Wildman–Crippen LogP) is 5.21. The molecular weight excluding hydrogens is 450 g/mol. The van der Waals surface area contributed by atoms with Crippen LogP contribution in [0.3, 0.4) is 0 Å². The molecule has 2 rings (SSSR count). The van der Waals surface area contributed by atoms with Crippen LogP contribution < -0.4 is 11.5 Å². The van der Waals surface area contributed by atoms with E-state index in [1.807, 2.05) is 0 Å². The fourth-order valence-corrected chi connectivity index (χ4v) is 3.12. The summed E-state index contributed by atoms with van der Waals surface area (Å²) in [7, 11) is 0. The molecule has 0 aliphatic rings. The van der Waals surface area contributed by atoms with Gasteiger partial charge in [-0.25, -0.2) is 0 Å². The number of rotatable bonds is 4. The van der Waals surface area contributed by atoms with Crippen molar-refractivity contribution in [3.63, 3.8) is 0 Å². The maximum absolute atomic E-state index is 12.3. The topological polar surface area (TPSA) is 177 Å². The third-order valence-corrected chi connectivity index (χ3v) is 4.53. The Morgan fingerprint density at radius 3 is 1.74 bits per heavy atom. The number of hydrogen-bond donors (Lipinski definition) is 2. The van der Waals surface area contributed by atoms with Crippen LogP contribution >= 0.6 is 46.4 Å². The first-order valence-electron chi connectivity index (χ1n) is 6.50. The van der Waals surface area contributed by atoms with Gasteiger partial charge in [-0.2, -0.15) is 0 Å². The molecule has 0 fully saturated rings. The van der Waals surface area contributed by atoms with Crippen molar-refractivity contribution in [1.82, 2.24) is 0 Å². The van der Waals surface area contributed by atoms with E-state index < -0.39 is 58.4 Å². The number of hydrogen-bond acceptors (Lipinski definition) is 8. The van der Waals surface area contributed by atoms with Gasteiger partial charge in [0.2, 0.25) is 0 Å². The molecule has 0 bridgehead atoms. The number of nitro benzene ring substituents is 2. The molecule has 0 aliphatic carbocycles. The SMILES string of the molecule is Nc1c(N=[N+]([O-])c2cc(Cl)c([N+](=O)[O-])c(Cl)c2N)cc(Cl)c([N+](=O)[O-])c1Cl. The molecule has 0 spiro atoms. The molecule has 0 amide bonds. The van der Waals surface area contributed by atoms with E-state index in [-0.39, 0.29) is 10.5 Å². The van der Waals surface area contributed by atoms with Gasteiger partial charge in [0.05, 0.1) is 15.5 Å². The van der Waals surface area contributed by atoms with Gasteiger partial charge in [-0.15, -0.1) is 0 Å². The highest BCUT2D eigenvalue weighted by molar-refractivity contribution is 6.41. The van der Waals surface area contributed by atoms with Crippen LogP contribution in [0.4, 0.5) is 34.1 Å². The quantitative estimate of drug-likeness (QED) is 0.209. The maximum atomic E-state index is 12.3. The van der Waals surface area contributed by atoms with Crippen LogP contribution in [0.2, 0.25) is 20.1 Å². The average molecular weight is 456 g/mol. The lowest BCUT2D eigenvalue weighted by Crippen LogP contribution is -2.02. The Morgan fingerprint density at radius 1 is 0.815 bits per heavy atom. The van der Waals surface area contributed by atoms with Crippen molar-refractivity contribution in [3.05, 3.63) is 57.7 Å². The van der Waals surface area contributed by atoms with Crippen LogP contribution in [-0.2, 0) is 0 Å². The molecule has 0 heterocycles. The van der Waals surface area contributed by atoms with Gasteiger partial charge in [0.15, 0.2) is 5.69 Å². The number of nitrogen functional groups attached to an aromatic ring is 2. The van der Waals surface area contributed by atoms with Crippen molar-refractivity contribution < 1.29 is 14.7 Å². The standard InChI is InChI=1S/C12H6Cl4N6O5/c13-3-1-5(9(17)7(15)11(3)21(24)25)19-20(23)6-2-4(14)12(22(26)27)8(16)10(6)18/h1-2H,17-18H2. The molecule has 2 aromatic rings. The van der Waals surface area contributed by atoms with Crippen molar-refractivity contribution in [2.75, 3.05) is 11.5 Å². The highest BCUT2D eigenvalue weighted by Crippen LogP contribution is 2.45. The number of nitrogens with zero attached hydrogens (tertiary/aromatic N) is 4. The number of nitro groups is 2. The van der Waals surface area contributed by atoms with Gasteiger partial charge in [-0.05, 0) is 10.9 Å². The summed E-state index contributed by atoms with van der Waals surface area (Å²) in [4.78, 5) is 20.1. The first-order chi connectivity index (χ1) is 12.5. The van der Waals surface area contributed by atoms with Crippen molar-refractivity contribution in [2.24, 2.45) is 5.11 Å². The molecule has 142 valence electrons. The van der Waals surface area contributed by atoms with Crippen LogP contribution in [-0.4, -0.2) is 14.7 Å². The minimum atomic E-state index is -0.870. The van der Waals surface area contributed by atoms with Crippen LogP contribution in [0.5, 0.6) is 0 Å². The highest BCUT2D eigenvalue weighted by atomic mass is 35.5. The van der Waals surface area contributed by atoms with Crippen LogP contribution in [0, 0.1) is 25.4 Å². The zero-order chi connectivity index (χ0) is 20.6. The first-order valence-corrected chi connectivity index (χ1v) is 8.01. The Balaban J connectivity index is 2.66. The smallest absolute Gasteiger partial charge is 0.308 e. The zero-order valence-corrected chi connectivity index (χ0v) is 15.7. The first kappa shape index (κ1) is 20.7. The lowest BCUT2D eigenvalue weighted by Gasteiger charge is -2.08. The summed E-state index contributed by atoms with van der Waals surface area (Å²) >= 11 is 23.1. The molecule has 27 heavy (non-hydrogen) atoms. The summed E-state index contributed by atoms with van der Waals surface area (Å²) in [6.07, 6.45) is 0. The molecule has 2 aromatic carbocycles. The molecule has 0 unspecified atom stereocenters. The van der Waals surface area contributed by atoms with Crippen LogP contribution in [0.25, 0.3) is 0 Å². The van der Waals surface area contributed by atoms with E-state index in [2.05, 4.69) is 5.11 Å². The van der Waals surface area contributed by atoms with Gasteiger partial charge in [0, 0.05) is 11.2 Å². The van der Waals surface area contributed by atoms with E-state index in [1.54, 1.807) is 0 Å². The monoisotopic (exact) mass is 454 g/mol. The van der Waals surface area contributed by atoms with Crippen molar-refractivity contribution in [1.29, 1.82) is 0 Å². The number of azo groups is 1. The Kier molecular flexibility index (Phi) is 5.80. The average Bonchev–Trinajstić information content (AvgIpc) is 2.55. The van der Waals surface area contributed by atoms with E-state index in [4.69, 9.17) is 57.9 Å². The van der Waals surface area contributed by atoms with E-state index in [1.165, 1.54) is 0 Å². The van der Waals surface area contributed by atoms with E-state index in [0.29, 0.717) is 0 Å². The second kappa shape index (κ2) is 7.56. The van der Waals surface area contributed by atoms with Crippen molar-refractivity contribution in [2.45, 2.75) is 0 Å². The van der Waals surface area contributed by atoms with Gasteiger partial charge < -0.3 is 16.7 Å². The van der Waals surface area contributed by atoms with Gasteiger partial charge in [0.25, 0.3) is 5.69 Å². The van der Waals surface area contributed by atoms with Gasteiger partial charge in [0.1, 0.15) is 25.8 Å². The molecule has 4 N–H and O–H groups in total. The number of halogens is 4. The molecule has 0 radical (unpaired) electrons. The van der Waals surface area contributed by atoms with Gasteiger partial charge in [-0.3, -0.25) is 20.2 Å². The van der Waals surface area contributed by atoms with Crippen LogP contribution in [0.15, 0.2) is 17.2 Å². The van der Waals surface area contributed by atoms with Crippen LogP contribution in [0.1, 0.15) is 0 Å². The van der Waals surface area contributed by atoms with Gasteiger partial charge in [-0.1, -0.05) is 46.4 Å². The predicted molar refractivity (Wildman–Crippen MR) is 100 cm³/mol. The Labute approximate surface area is 169 Å². The fraction of sp³-hybridized carbons (Fsp3) is 0. The summed E-state index contributed by atoms with van der Waals surface area (Å²) in [6.45, 7) is 0. The summed E-state index contributed by atoms with van der Waals surface area (Å²) in [6, 6.07) is 1.82. The largest absolute Gasteiger partial charge is 0.594 e. The number of nitrogens with two attached hydrogens (primary N) is 2. The second-order valence-corrected chi connectivity index (χ2v) is 6.37. The Bertz CT molecular complexity index is 1030. The summed E-state index contributed by atoms with van der Waals surface area (Å²) in [5.74, 6) is 0. The molecule has 0 aromatic heterocycles. The fourth-order valence-electron chi connectivity index (χ4n) is 1.95. The molecule has 11 nitrogen and oxygen atoms in total. The van der Waals surface area contributed by atoms with Gasteiger partial charge >= 0.3 is 11.4 Å². The van der Waals surface area contributed by atoms with Crippen molar-refractivity contribution >= 4 is 80.5 Å². The minimum Gasteiger partial charge on any atom is -0.594 e. The third-order valence-electron chi connectivity index (χ3n) is 3.19. The van der Waals surface area contributed by atoms with E-state index >= 15 is 0 Å². The summed E-state index contributed by atoms with van der Waals surface area (Å²) in [5, 5.41) is 35.8. The molecule has 0 saturated heterocycles.